The van der Waals surface area contributed by atoms with Crippen LogP contribution in [0.25, 0.3) is 22.2 Å². The van der Waals surface area contributed by atoms with Gasteiger partial charge in [-0.2, -0.15) is 0 Å². The molecule has 5 heteroatoms. The van der Waals surface area contributed by atoms with Gasteiger partial charge in [0.05, 0.1) is 16.6 Å². The predicted octanol–water partition coefficient (Wildman–Crippen LogP) is 2.14. The van der Waals surface area contributed by atoms with E-state index in [9.17, 15) is 4.79 Å². The first-order valence-corrected chi connectivity index (χ1v) is 6.60. The van der Waals surface area contributed by atoms with Crippen LogP contribution in [0.3, 0.4) is 0 Å². The van der Waals surface area contributed by atoms with E-state index in [1.165, 1.54) is 4.57 Å². The van der Waals surface area contributed by atoms with Gasteiger partial charge in [-0.25, -0.2) is 4.98 Å². The normalized spacial score (nSPS) is 11.0. The molecule has 0 saturated heterocycles. The summed E-state index contributed by atoms with van der Waals surface area (Å²) in [6, 6.07) is 11.3. The predicted molar refractivity (Wildman–Crippen MR) is 80.9 cm³/mol. The van der Waals surface area contributed by atoms with Crippen LogP contribution in [0, 0.1) is 0 Å². The van der Waals surface area contributed by atoms with Crippen molar-refractivity contribution in [1.29, 1.82) is 0 Å². The van der Waals surface area contributed by atoms with Crippen molar-refractivity contribution in [3.8, 4) is 11.3 Å². The SMILES string of the molecule is COCc1nc2cc(-c3ccccn3)ccc2c(=O)n1C. The summed E-state index contributed by atoms with van der Waals surface area (Å²) in [6.45, 7) is 0.301. The van der Waals surface area contributed by atoms with Gasteiger partial charge in [0.2, 0.25) is 0 Å². The third-order valence-corrected chi connectivity index (χ3v) is 3.40. The zero-order valence-corrected chi connectivity index (χ0v) is 11.9. The molecule has 3 rings (SSSR count). The number of rotatable bonds is 3. The third kappa shape index (κ3) is 2.43. The zero-order valence-electron chi connectivity index (χ0n) is 11.9. The van der Waals surface area contributed by atoms with Crippen molar-refractivity contribution < 1.29 is 4.74 Å². The van der Waals surface area contributed by atoms with Crippen LogP contribution in [0.4, 0.5) is 0 Å². The van der Waals surface area contributed by atoms with Crippen LogP contribution >= 0.6 is 0 Å². The number of fused-ring (bicyclic) bond motifs is 1. The van der Waals surface area contributed by atoms with Crippen LogP contribution in [-0.4, -0.2) is 21.6 Å². The molecular weight excluding hydrogens is 266 g/mol. The Hall–Kier alpha value is -2.53. The van der Waals surface area contributed by atoms with E-state index in [0.717, 1.165) is 11.3 Å². The minimum Gasteiger partial charge on any atom is -0.377 e. The molecule has 21 heavy (non-hydrogen) atoms. The molecule has 0 spiro atoms. The maximum atomic E-state index is 12.3. The van der Waals surface area contributed by atoms with Gasteiger partial charge in [-0.15, -0.1) is 0 Å². The maximum absolute atomic E-state index is 12.3. The summed E-state index contributed by atoms with van der Waals surface area (Å²) >= 11 is 0. The second-order valence-electron chi connectivity index (χ2n) is 4.77. The lowest BCUT2D eigenvalue weighted by atomic mass is 10.1. The molecule has 0 aliphatic carbocycles. The molecule has 1 aromatic carbocycles. The number of hydrogen-bond acceptors (Lipinski definition) is 4. The molecule has 2 aromatic heterocycles. The Labute approximate surface area is 121 Å². The number of methoxy groups -OCH3 is 1. The first-order chi connectivity index (χ1) is 10.2. The van der Waals surface area contributed by atoms with E-state index in [0.29, 0.717) is 23.3 Å². The van der Waals surface area contributed by atoms with Gasteiger partial charge in [0.1, 0.15) is 12.4 Å². The van der Waals surface area contributed by atoms with Crippen molar-refractivity contribution >= 4 is 10.9 Å². The fraction of sp³-hybridized carbons (Fsp3) is 0.188. The first-order valence-electron chi connectivity index (χ1n) is 6.60. The molecule has 0 fully saturated rings. The van der Waals surface area contributed by atoms with Gasteiger partial charge in [0, 0.05) is 25.9 Å². The minimum atomic E-state index is -0.0698. The molecule has 0 atom stereocenters. The van der Waals surface area contributed by atoms with E-state index in [2.05, 4.69) is 9.97 Å². The van der Waals surface area contributed by atoms with E-state index >= 15 is 0 Å². The molecule has 0 radical (unpaired) electrons. The highest BCUT2D eigenvalue weighted by Crippen LogP contribution is 2.20. The van der Waals surface area contributed by atoms with Crippen LogP contribution < -0.4 is 5.56 Å². The Bertz CT molecular complexity index is 841. The average Bonchev–Trinajstić information content (AvgIpc) is 2.53. The van der Waals surface area contributed by atoms with Gasteiger partial charge in [0.15, 0.2) is 0 Å². The zero-order chi connectivity index (χ0) is 14.8. The van der Waals surface area contributed by atoms with Crippen molar-refractivity contribution in [1.82, 2.24) is 14.5 Å². The number of benzene rings is 1. The summed E-state index contributed by atoms with van der Waals surface area (Å²) in [7, 11) is 3.29. The lowest BCUT2D eigenvalue weighted by Gasteiger charge is -2.09. The molecule has 0 aliphatic heterocycles. The summed E-state index contributed by atoms with van der Waals surface area (Å²) < 4.78 is 6.61. The quantitative estimate of drug-likeness (QED) is 0.738. The molecular formula is C16H15N3O2. The number of ether oxygens (including phenoxy) is 1. The summed E-state index contributed by atoms with van der Waals surface area (Å²) in [5.41, 5.74) is 2.38. The van der Waals surface area contributed by atoms with Gasteiger partial charge in [-0.3, -0.25) is 14.3 Å². The Balaban J connectivity index is 2.22. The maximum Gasteiger partial charge on any atom is 0.261 e. The molecule has 2 heterocycles. The summed E-state index contributed by atoms with van der Waals surface area (Å²) in [5.74, 6) is 0.605. The highest BCUT2D eigenvalue weighted by molar-refractivity contribution is 5.82. The number of hydrogen-bond donors (Lipinski definition) is 0. The Morgan fingerprint density at radius 1 is 1.24 bits per heavy atom. The van der Waals surface area contributed by atoms with Gasteiger partial charge in [0.25, 0.3) is 5.56 Å². The van der Waals surface area contributed by atoms with Crippen molar-refractivity contribution in [3.63, 3.8) is 0 Å². The molecule has 106 valence electrons. The second kappa shape index (κ2) is 5.46. The number of aromatic nitrogens is 3. The second-order valence-corrected chi connectivity index (χ2v) is 4.77. The molecule has 0 aliphatic rings. The smallest absolute Gasteiger partial charge is 0.261 e. The molecule has 0 unspecified atom stereocenters. The van der Waals surface area contributed by atoms with E-state index in [-0.39, 0.29) is 5.56 Å². The van der Waals surface area contributed by atoms with Gasteiger partial charge >= 0.3 is 0 Å². The third-order valence-electron chi connectivity index (χ3n) is 3.40. The van der Waals surface area contributed by atoms with Crippen LogP contribution in [-0.2, 0) is 18.4 Å². The standard InChI is InChI=1S/C16H15N3O2/c1-19-15(10-21-2)18-14-9-11(6-7-12(14)16(19)20)13-5-3-4-8-17-13/h3-9H,10H2,1-2H3. The first kappa shape index (κ1) is 13.5. The fourth-order valence-electron chi connectivity index (χ4n) is 2.27. The molecule has 0 saturated carbocycles. The summed E-state index contributed by atoms with van der Waals surface area (Å²) in [4.78, 5) is 21.2. The van der Waals surface area contributed by atoms with Crippen LogP contribution in [0.2, 0.25) is 0 Å². The topological polar surface area (TPSA) is 57.0 Å². The summed E-state index contributed by atoms with van der Waals surface area (Å²) in [6.07, 6.45) is 1.74. The van der Waals surface area contributed by atoms with Crippen LogP contribution in [0.5, 0.6) is 0 Å². The van der Waals surface area contributed by atoms with Crippen LogP contribution in [0.15, 0.2) is 47.4 Å². The van der Waals surface area contributed by atoms with E-state index < -0.39 is 0 Å². The molecule has 3 aromatic rings. The number of nitrogens with zero attached hydrogens (tertiary/aromatic N) is 3. The van der Waals surface area contributed by atoms with E-state index in [1.807, 2.05) is 30.3 Å². The highest BCUT2D eigenvalue weighted by Gasteiger charge is 2.09. The van der Waals surface area contributed by atoms with Crippen molar-refractivity contribution in [2.24, 2.45) is 7.05 Å². The molecule has 0 N–H and O–H groups in total. The van der Waals surface area contributed by atoms with Gasteiger partial charge < -0.3 is 4.74 Å². The largest absolute Gasteiger partial charge is 0.377 e. The lowest BCUT2D eigenvalue weighted by Crippen LogP contribution is -2.22. The fourth-order valence-corrected chi connectivity index (χ4v) is 2.27. The van der Waals surface area contributed by atoms with Gasteiger partial charge in [-0.1, -0.05) is 12.1 Å². The van der Waals surface area contributed by atoms with Crippen molar-refractivity contribution in [2.75, 3.05) is 7.11 Å². The van der Waals surface area contributed by atoms with Crippen LogP contribution in [0.1, 0.15) is 5.82 Å². The minimum absolute atomic E-state index is 0.0698. The molecule has 5 nitrogen and oxygen atoms in total. The number of pyridine rings is 1. The van der Waals surface area contributed by atoms with E-state index in [4.69, 9.17) is 4.74 Å². The van der Waals surface area contributed by atoms with Crippen molar-refractivity contribution in [2.45, 2.75) is 6.61 Å². The Morgan fingerprint density at radius 2 is 2.10 bits per heavy atom. The Morgan fingerprint density at radius 3 is 2.81 bits per heavy atom. The van der Waals surface area contributed by atoms with Gasteiger partial charge in [-0.05, 0) is 24.3 Å². The van der Waals surface area contributed by atoms with E-state index in [1.54, 1.807) is 26.4 Å². The highest BCUT2D eigenvalue weighted by atomic mass is 16.5. The summed E-state index contributed by atoms with van der Waals surface area (Å²) in [5, 5.41) is 0.594. The average molecular weight is 281 g/mol. The lowest BCUT2D eigenvalue weighted by molar-refractivity contribution is 0.174. The monoisotopic (exact) mass is 281 g/mol. The van der Waals surface area contributed by atoms with Crippen molar-refractivity contribution in [3.05, 3.63) is 58.8 Å². The Kier molecular flexibility index (Phi) is 3.50. The molecule has 0 bridgehead atoms. The molecule has 0 amide bonds.